The zero-order chi connectivity index (χ0) is 14.9. The zero-order valence-corrected chi connectivity index (χ0v) is 11.6. The second-order valence-electron chi connectivity index (χ2n) is 5.00. The number of nitrogens with zero attached hydrogens (tertiary/aromatic N) is 2. The lowest BCUT2D eigenvalue weighted by Crippen LogP contribution is -2.30. The van der Waals surface area contributed by atoms with Gasteiger partial charge in [0.15, 0.2) is 17.2 Å². The monoisotopic (exact) mass is 275 g/mol. The number of aromatic carboxylic acids is 1. The highest BCUT2D eigenvalue weighted by molar-refractivity contribution is 5.93. The lowest BCUT2D eigenvalue weighted by atomic mass is 10.1. The van der Waals surface area contributed by atoms with E-state index in [2.05, 4.69) is 4.98 Å². The quantitative estimate of drug-likeness (QED) is 0.833. The number of anilines is 1. The number of rotatable bonds is 4. The maximum Gasteiger partial charge on any atom is 0.339 e. The summed E-state index contributed by atoms with van der Waals surface area (Å²) in [4.78, 5) is 15.5. The summed E-state index contributed by atoms with van der Waals surface area (Å²) in [7, 11) is 1.85. The highest BCUT2D eigenvalue weighted by Gasteiger charge is 2.29. The molecule has 0 spiro atoms. The largest absolute Gasteiger partial charge is 0.478 e. The first-order valence-electron chi connectivity index (χ1n) is 6.11. The molecule has 0 bridgehead atoms. The Morgan fingerprint density at radius 3 is 2.70 bits per heavy atom. The van der Waals surface area contributed by atoms with Gasteiger partial charge in [-0.25, -0.2) is 9.78 Å². The Morgan fingerprint density at radius 1 is 1.45 bits per heavy atom. The van der Waals surface area contributed by atoms with Gasteiger partial charge in [-0.2, -0.15) is 0 Å². The van der Waals surface area contributed by atoms with E-state index in [-0.39, 0.29) is 17.0 Å². The Labute approximate surface area is 116 Å². The second-order valence-corrected chi connectivity index (χ2v) is 5.00. The molecule has 6 heteroatoms. The van der Waals surface area contributed by atoms with Crippen LogP contribution >= 0.6 is 0 Å². The van der Waals surface area contributed by atoms with Crippen molar-refractivity contribution in [2.24, 2.45) is 7.05 Å². The van der Waals surface area contributed by atoms with E-state index in [9.17, 15) is 9.90 Å². The predicted octanol–water partition coefficient (Wildman–Crippen LogP) is 2.01. The number of nitrogens with two attached hydrogens (primary N) is 1. The molecular formula is C14H17N3O3. The summed E-state index contributed by atoms with van der Waals surface area (Å²) in [6.07, 6.45) is 3.46. The van der Waals surface area contributed by atoms with Crippen molar-refractivity contribution in [3.63, 3.8) is 0 Å². The van der Waals surface area contributed by atoms with Gasteiger partial charge in [-0.1, -0.05) is 6.07 Å². The van der Waals surface area contributed by atoms with E-state index in [0.717, 1.165) is 0 Å². The maximum atomic E-state index is 11.3. The van der Waals surface area contributed by atoms with Gasteiger partial charge in [0.2, 0.25) is 0 Å². The predicted molar refractivity (Wildman–Crippen MR) is 74.7 cm³/mol. The number of benzene rings is 1. The van der Waals surface area contributed by atoms with Crippen LogP contribution in [0.15, 0.2) is 30.6 Å². The van der Waals surface area contributed by atoms with Crippen molar-refractivity contribution in [3.05, 3.63) is 42.0 Å². The molecule has 106 valence electrons. The van der Waals surface area contributed by atoms with E-state index >= 15 is 0 Å². The first-order valence-corrected chi connectivity index (χ1v) is 6.11. The number of hydrogen-bond donors (Lipinski definition) is 2. The van der Waals surface area contributed by atoms with Crippen LogP contribution in [0, 0.1) is 0 Å². The van der Waals surface area contributed by atoms with Gasteiger partial charge in [-0.05, 0) is 26.0 Å². The molecule has 0 aliphatic carbocycles. The number of hydrogen-bond acceptors (Lipinski definition) is 4. The molecule has 0 aliphatic rings. The fourth-order valence-corrected chi connectivity index (χ4v) is 2.08. The van der Waals surface area contributed by atoms with Crippen molar-refractivity contribution in [1.82, 2.24) is 9.55 Å². The zero-order valence-electron chi connectivity index (χ0n) is 11.6. The SMILES string of the molecule is Cn1ccnc1C(C)(C)Oc1c(N)cccc1C(=O)O. The van der Waals surface area contributed by atoms with Crippen molar-refractivity contribution in [2.45, 2.75) is 19.4 Å². The molecule has 6 nitrogen and oxygen atoms in total. The van der Waals surface area contributed by atoms with Crippen LogP contribution < -0.4 is 10.5 Å². The van der Waals surface area contributed by atoms with E-state index in [1.807, 2.05) is 25.5 Å². The van der Waals surface area contributed by atoms with Crippen LogP contribution in [0.3, 0.4) is 0 Å². The van der Waals surface area contributed by atoms with E-state index in [1.165, 1.54) is 6.07 Å². The average molecular weight is 275 g/mol. The Balaban J connectivity index is 2.44. The van der Waals surface area contributed by atoms with E-state index in [0.29, 0.717) is 5.82 Å². The van der Waals surface area contributed by atoms with Crippen LogP contribution in [-0.4, -0.2) is 20.6 Å². The Kier molecular flexibility index (Phi) is 3.40. The number of aryl methyl sites for hydroxylation is 1. The summed E-state index contributed by atoms with van der Waals surface area (Å²) < 4.78 is 7.68. The standard InChI is InChI=1S/C14H17N3O3/c1-14(2,13-16-7-8-17(13)3)20-11-9(12(18)19)5-4-6-10(11)15/h4-8H,15H2,1-3H3,(H,18,19). The van der Waals surface area contributed by atoms with Crippen LogP contribution in [0.1, 0.15) is 30.0 Å². The number of ether oxygens (including phenoxy) is 1. The van der Waals surface area contributed by atoms with E-state index in [4.69, 9.17) is 10.5 Å². The minimum Gasteiger partial charge on any atom is -0.478 e. The van der Waals surface area contributed by atoms with Crippen molar-refractivity contribution in [1.29, 1.82) is 0 Å². The normalized spacial score (nSPS) is 11.3. The first kappa shape index (κ1) is 13.9. The van der Waals surface area contributed by atoms with Gasteiger partial charge in [0, 0.05) is 19.4 Å². The van der Waals surface area contributed by atoms with Gasteiger partial charge in [0.1, 0.15) is 5.56 Å². The highest BCUT2D eigenvalue weighted by atomic mass is 16.5. The third kappa shape index (κ3) is 2.45. The number of carboxylic acids is 1. The van der Waals surface area contributed by atoms with Crippen LogP contribution in [-0.2, 0) is 12.6 Å². The molecule has 2 rings (SSSR count). The number of imidazole rings is 1. The van der Waals surface area contributed by atoms with Crippen molar-refractivity contribution in [3.8, 4) is 5.75 Å². The molecule has 0 aliphatic heterocycles. The van der Waals surface area contributed by atoms with Gasteiger partial charge in [0.05, 0.1) is 5.69 Å². The molecule has 3 N–H and O–H groups in total. The maximum absolute atomic E-state index is 11.3. The molecule has 20 heavy (non-hydrogen) atoms. The topological polar surface area (TPSA) is 90.4 Å². The molecular weight excluding hydrogens is 258 g/mol. The van der Waals surface area contributed by atoms with Crippen molar-refractivity contribution < 1.29 is 14.6 Å². The number of nitrogen functional groups attached to an aromatic ring is 1. The molecule has 1 aromatic carbocycles. The van der Waals surface area contributed by atoms with Gasteiger partial charge in [-0.15, -0.1) is 0 Å². The minimum atomic E-state index is -1.08. The number of para-hydroxylation sites is 1. The highest BCUT2D eigenvalue weighted by Crippen LogP contribution is 2.33. The lowest BCUT2D eigenvalue weighted by molar-refractivity contribution is 0.0664. The summed E-state index contributed by atoms with van der Waals surface area (Å²) in [5, 5.41) is 9.22. The molecule has 0 unspecified atom stereocenters. The molecule has 0 saturated heterocycles. The second kappa shape index (κ2) is 4.88. The summed E-state index contributed by atoms with van der Waals surface area (Å²) in [6, 6.07) is 4.65. The molecule has 0 saturated carbocycles. The fraction of sp³-hybridized carbons (Fsp3) is 0.286. The average Bonchev–Trinajstić information content (AvgIpc) is 2.78. The summed E-state index contributed by atoms with van der Waals surface area (Å²) in [5.74, 6) is -0.243. The Hall–Kier alpha value is -2.50. The first-order chi connectivity index (χ1) is 9.33. The van der Waals surface area contributed by atoms with Gasteiger partial charge in [-0.3, -0.25) is 0 Å². The molecule has 1 aromatic heterocycles. The fourth-order valence-electron chi connectivity index (χ4n) is 2.08. The number of carboxylic acid groups (broad SMARTS) is 1. The van der Waals surface area contributed by atoms with Crippen LogP contribution in [0.2, 0.25) is 0 Å². The molecule has 1 heterocycles. The Morgan fingerprint density at radius 2 is 2.15 bits per heavy atom. The third-order valence-electron chi connectivity index (χ3n) is 2.99. The van der Waals surface area contributed by atoms with Crippen molar-refractivity contribution >= 4 is 11.7 Å². The third-order valence-corrected chi connectivity index (χ3v) is 2.99. The molecule has 0 radical (unpaired) electrons. The number of aromatic nitrogens is 2. The smallest absolute Gasteiger partial charge is 0.339 e. The molecule has 0 fully saturated rings. The molecule has 0 amide bonds. The van der Waals surface area contributed by atoms with Crippen LogP contribution in [0.4, 0.5) is 5.69 Å². The van der Waals surface area contributed by atoms with Crippen molar-refractivity contribution in [2.75, 3.05) is 5.73 Å². The van der Waals surface area contributed by atoms with Crippen LogP contribution in [0.5, 0.6) is 5.75 Å². The minimum absolute atomic E-state index is 0.0345. The van der Waals surface area contributed by atoms with E-state index < -0.39 is 11.6 Å². The molecule has 2 aromatic rings. The Bertz CT molecular complexity index is 647. The van der Waals surface area contributed by atoms with E-state index in [1.54, 1.807) is 24.5 Å². The molecule has 0 atom stereocenters. The lowest BCUT2D eigenvalue weighted by Gasteiger charge is -2.27. The van der Waals surface area contributed by atoms with Crippen LogP contribution in [0.25, 0.3) is 0 Å². The number of carbonyl (C=O) groups is 1. The van der Waals surface area contributed by atoms with Gasteiger partial charge in [0.25, 0.3) is 0 Å². The van der Waals surface area contributed by atoms with Gasteiger partial charge < -0.3 is 20.1 Å². The summed E-state index contributed by atoms with van der Waals surface area (Å²) in [6.45, 7) is 3.63. The summed E-state index contributed by atoms with van der Waals surface area (Å²) in [5.41, 5.74) is 5.35. The summed E-state index contributed by atoms with van der Waals surface area (Å²) >= 11 is 0. The van der Waals surface area contributed by atoms with Gasteiger partial charge >= 0.3 is 5.97 Å².